The Labute approximate surface area is 92.3 Å². The van der Waals surface area contributed by atoms with Crippen LogP contribution in [0.4, 0.5) is 5.69 Å². The average molecular weight is 218 g/mol. The van der Waals surface area contributed by atoms with Crippen molar-refractivity contribution in [3.63, 3.8) is 0 Å². The molecule has 0 aliphatic heterocycles. The molecule has 0 radical (unpaired) electrons. The van der Waals surface area contributed by atoms with Crippen molar-refractivity contribution in [3.8, 4) is 6.07 Å². The molecule has 0 fully saturated rings. The molecule has 1 N–H and O–H groups in total. The van der Waals surface area contributed by atoms with Gasteiger partial charge in [-0.3, -0.25) is 0 Å². The summed E-state index contributed by atoms with van der Waals surface area (Å²) < 4.78 is 0. The molecule has 0 amide bonds. The molecule has 1 aromatic heterocycles. The van der Waals surface area contributed by atoms with Gasteiger partial charge in [0.15, 0.2) is 0 Å². The molecule has 15 heavy (non-hydrogen) atoms. The Bertz CT molecular complexity index is 557. The monoisotopic (exact) mass is 217 g/mol. The van der Waals surface area contributed by atoms with Crippen LogP contribution in [-0.2, 0) is 0 Å². The predicted molar refractivity (Wildman–Crippen MR) is 61.0 cm³/mol. The van der Waals surface area contributed by atoms with Crippen LogP contribution < -0.4 is 5.32 Å². The van der Waals surface area contributed by atoms with Crippen LogP contribution >= 0.6 is 11.6 Å². The SMILES string of the molecule is CNc1c(C#N)c(Cl)nc2ccccc12. The number of nitrogens with one attached hydrogen (secondary N) is 1. The molecule has 2 rings (SSSR count). The average Bonchev–Trinajstić information content (AvgIpc) is 2.27. The first-order valence-corrected chi connectivity index (χ1v) is 4.82. The molecule has 0 bridgehead atoms. The van der Waals surface area contributed by atoms with Gasteiger partial charge in [0, 0.05) is 12.4 Å². The van der Waals surface area contributed by atoms with E-state index in [0.717, 1.165) is 16.6 Å². The highest BCUT2D eigenvalue weighted by Crippen LogP contribution is 2.29. The first kappa shape index (κ1) is 9.75. The molecule has 1 aromatic carbocycles. The number of nitriles is 1. The van der Waals surface area contributed by atoms with Crippen LogP contribution in [0.3, 0.4) is 0 Å². The van der Waals surface area contributed by atoms with Crippen molar-refractivity contribution >= 4 is 28.2 Å². The second kappa shape index (κ2) is 3.76. The number of aromatic nitrogens is 1. The minimum Gasteiger partial charge on any atom is -0.386 e. The van der Waals surface area contributed by atoms with E-state index in [1.807, 2.05) is 30.3 Å². The Morgan fingerprint density at radius 2 is 2.13 bits per heavy atom. The summed E-state index contributed by atoms with van der Waals surface area (Å²) in [5.74, 6) is 0. The number of nitrogens with zero attached hydrogens (tertiary/aromatic N) is 2. The third kappa shape index (κ3) is 1.49. The number of hydrogen-bond acceptors (Lipinski definition) is 3. The van der Waals surface area contributed by atoms with Gasteiger partial charge in [-0.15, -0.1) is 0 Å². The van der Waals surface area contributed by atoms with E-state index in [1.165, 1.54) is 0 Å². The van der Waals surface area contributed by atoms with E-state index in [-0.39, 0.29) is 5.15 Å². The van der Waals surface area contributed by atoms with E-state index >= 15 is 0 Å². The molecular weight excluding hydrogens is 210 g/mol. The fourth-order valence-corrected chi connectivity index (χ4v) is 1.77. The molecule has 0 atom stereocenters. The maximum absolute atomic E-state index is 8.98. The van der Waals surface area contributed by atoms with Gasteiger partial charge in [0.1, 0.15) is 16.8 Å². The second-order valence-electron chi connectivity index (χ2n) is 3.03. The van der Waals surface area contributed by atoms with Crippen LogP contribution in [0.15, 0.2) is 24.3 Å². The van der Waals surface area contributed by atoms with E-state index < -0.39 is 0 Å². The quantitative estimate of drug-likeness (QED) is 0.748. The minimum atomic E-state index is 0.237. The number of fused-ring (bicyclic) bond motifs is 1. The Balaban J connectivity index is 2.92. The number of halogens is 1. The van der Waals surface area contributed by atoms with Gasteiger partial charge in [0.2, 0.25) is 0 Å². The second-order valence-corrected chi connectivity index (χ2v) is 3.39. The summed E-state index contributed by atoms with van der Waals surface area (Å²) in [6, 6.07) is 9.61. The number of rotatable bonds is 1. The molecule has 0 saturated heterocycles. The van der Waals surface area contributed by atoms with Crippen LogP contribution in [0.25, 0.3) is 10.9 Å². The summed E-state index contributed by atoms with van der Waals surface area (Å²) in [6.45, 7) is 0. The standard InChI is InChI=1S/C11H8ClN3/c1-14-10-7-4-2-3-5-9(7)15-11(12)8(10)6-13/h2-5H,1H3,(H,14,15). The fourth-order valence-electron chi connectivity index (χ4n) is 1.54. The fraction of sp³-hybridized carbons (Fsp3) is 0.0909. The normalized spacial score (nSPS) is 9.93. The number of anilines is 1. The van der Waals surface area contributed by atoms with Crippen molar-refractivity contribution in [3.05, 3.63) is 35.0 Å². The molecule has 2 aromatic rings. The topological polar surface area (TPSA) is 48.7 Å². The van der Waals surface area contributed by atoms with Gasteiger partial charge in [-0.25, -0.2) is 4.98 Å². The Morgan fingerprint density at radius 1 is 1.40 bits per heavy atom. The molecular formula is C11H8ClN3. The Hall–Kier alpha value is -1.79. The number of hydrogen-bond donors (Lipinski definition) is 1. The van der Waals surface area contributed by atoms with E-state index in [4.69, 9.17) is 16.9 Å². The summed E-state index contributed by atoms with van der Waals surface area (Å²) in [6.07, 6.45) is 0. The van der Waals surface area contributed by atoms with Crippen molar-refractivity contribution < 1.29 is 0 Å². The molecule has 0 aliphatic carbocycles. The van der Waals surface area contributed by atoms with Crippen molar-refractivity contribution in [2.75, 3.05) is 12.4 Å². The molecule has 0 saturated carbocycles. The van der Waals surface area contributed by atoms with Crippen molar-refractivity contribution in [1.82, 2.24) is 4.98 Å². The van der Waals surface area contributed by atoms with E-state index in [0.29, 0.717) is 5.56 Å². The number of benzene rings is 1. The largest absolute Gasteiger partial charge is 0.386 e. The first-order valence-electron chi connectivity index (χ1n) is 4.44. The lowest BCUT2D eigenvalue weighted by Gasteiger charge is -2.08. The maximum Gasteiger partial charge on any atom is 0.149 e. The summed E-state index contributed by atoms with van der Waals surface area (Å²) in [5.41, 5.74) is 1.90. The van der Waals surface area contributed by atoms with Crippen LogP contribution in [0.5, 0.6) is 0 Å². The number of pyridine rings is 1. The first-order chi connectivity index (χ1) is 7.27. The van der Waals surface area contributed by atoms with Gasteiger partial charge in [0.05, 0.1) is 11.2 Å². The van der Waals surface area contributed by atoms with Crippen LogP contribution in [-0.4, -0.2) is 12.0 Å². The van der Waals surface area contributed by atoms with Crippen LogP contribution in [0, 0.1) is 11.3 Å². The highest BCUT2D eigenvalue weighted by molar-refractivity contribution is 6.31. The lowest BCUT2D eigenvalue weighted by atomic mass is 10.1. The van der Waals surface area contributed by atoms with E-state index in [2.05, 4.69) is 10.3 Å². The molecule has 0 spiro atoms. The predicted octanol–water partition coefficient (Wildman–Crippen LogP) is 2.80. The smallest absolute Gasteiger partial charge is 0.149 e. The Morgan fingerprint density at radius 3 is 2.80 bits per heavy atom. The highest BCUT2D eigenvalue weighted by atomic mass is 35.5. The van der Waals surface area contributed by atoms with Crippen LogP contribution in [0.2, 0.25) is 5.15 Å². The molecule has 0 aliphatic rings. The minimum absolute atomic E-state index is 0.237. The van der Waals surface area contributed by atoms with E-state index in [1.54, 1.807) is 7.05 Å². The van der Waals surface area contributed by atoms with Gasteiger partial charge in [-0.2, -0.15) is 5.26 Å². The van der Waals surface area contributed by atoms with Crippen molar-refractivity contribution in [1.29, 1.82) is 5.26 Å². The van der Waals surface area contributed by atoms with E-state index in [9.17, 15) is 0 Å². The molecule has 1 heterocycles. The molecule has 0 unspecified atom stereocenters. The Kier molecular flexibility index (Phi) is 2.44. The van der Waals surface area contributed by atoms with Crippen molar-refractivity contribution in [2.45, 2.75) is 0 Å². The molecule has 74 valence electrons. The van der Waals surface area contributed by atoms with Gasteiger partial charge in [-0.1, -0.05) is 29.8 Å². The zero-order chi connectivity index (χ0) is 10.8. The lowest BCUT2D eigenvalue weighted by Crippen LogP contribution is -1.96. The van der Waals surface area contributed by atoms with Gasteiger partial charge in [-0.05, 0) is 6.07 Å². The third-order valence-corrected chi connectivity index (χ3v) is 2.48. The third-order valence-electron chi connectivity index (χ3n) is 2.21. The molecule has 4 heteroatoms. The summed E-state index contributed by atoms with van der Waals surface area (Å²) >= 11 is 5.91. The summed E-state index contributed by atoms with van der Waals surface area (Å²) in [7, 11) is 1.76. The van der Waals surface area contributed by atoms with Gasteiger partial charge < -0.3 is 5.32 Å². The summed E-state index contributed by atoms with van der Waals surface area (Å²) in [4.78, 5) is 4.16. The highest BCUT2D eigenvalue weighted by Gasteiger charge is 2.11. The van der Waals surface area contributed by atoms with Crippen molar-refractivity contribution in [2.24, 2.45) is 0 Å². The zero-order valence-corrected chi connectivity index (χ0v) is 8.84. The van der Waals surface area contributed by atoms with Crippen LogP contribution in [0.1, 0.15) is 5.56 Å². The zero-order valence-electron chi connectivity index (χ0n) is 8.08. The van der Waals surface area contributed by atoms with Gasteiger partial charge in [0.25, 0.3) is 0 Å². The molecule has 3 nitrogen and oxygen atoms in total. The summed E-state index contributed by atoms with van der Waals surface area (Å²) in [5, 5.41) is 13.1. The van der Waals surface area contributed by atoms with Gasteiger partial charge >= 0.3 is 0 Å². The lowest BCUT2D eigenvalue weighted by molar-refractivity contribution is 1.35. The maximum atomic E-state index is 8.98. The number of para-hydroxylation sites is 1.